The SMILES string of the molecule is Br.CCOC(=O)C1=C(C)NC(SCc2ccc([N+](=O)[O-])cc2)=NC1c1ccccc1. The van der Waals surface area contributed by atoms with Crippen molar-refractivity contribution in [3.05, 3.63) is 87.1 Å². The van der Waals surface area contributed by atoms with Crippen LogP contribution in [0.4, 0.5) is 5.69 Å². The molecule has 2 aromatic carbocycles. The summed E-state index contributed by atoms with van der Waals surface area (Å²) in [4.78, 5) is 27.6. The number of thioether (sulfide) groups is 1. The van der Waals surface area contributed by atoms with Crippen molar-refractivity contribution in [1.29, 1.82) is 0 Å². The Morgan fingerprint density at radius 2 is 1.87 bits per heavy atom. The van der Waals surface area contributed by atoms with Crippen molar-refractivity contribution < 1.29 is 14.5 Å². The number of carbonyl (C=O) groups is 1. The van der Waals surface area contributed by atoms with E-state index in [4.69, 9.17) is 9.73 Å². The summed E-state index contributed by atoms with van der Waals surface area (Å²) < 4.78 is 5.23. The number of nitro benzene ring substituents is 1. The van der Waals surface area contributed by atoms with Crippen LogP contribution in [0.25, 0.3) is 0 Å². The lowest BCUT2D eigenvalue weighted by Crippen LogP contribution is -2.30. The summed E-state index contributed by atoms with van der Waals surface area (Å²) in [5.41, 5.74) is 3.12. The summed E-state index contributed by atoms with van der Waals surface area (Å²) in [5.74, 6) is 0.211. The second kappa shape index (κ2) is 10.9. The number of allylic oxidation sites excluding steroid dienone is 1. The normalized spacial score (nSPS) is 15.5. The van der Waals surface area contributed by atoms with Crippen molar-refractivity contribution in [3.63, 3.8) is 0 Å². The van der Waals surface area contributed by atoms with Gasteiger partial charge in [0.05, 0.1) is 17.1 Å². The van der Waals surface area contributed by atoms with Gasteiger partial charge in [0, 0.05) is 23.6 Å². The fourth-order valence-electron chi connectivity index (χ4n) is 2.94. The maximum Gasteiger partial charge on any atom is 0.338 e. The predicted molar refractivity (Wildman–Crippen MR) is 124 cm³/mol. The number of ether oxygens (including phenoxy) is 1. The molecule has 1 aliphatic heterocycles. The van der Waals surface area contributed by atoms with Gasteiger partial charge in [-0.1, -0.05) is 54.2 Å². The van der Waals surface area contributed by atoms with E-state index in [0.717, 1.165) is 11.1 Å². The first-order chi connectivity index (χ1) is 14.0. The molecule has 1 N–H and O–H groups in total. The molecule has 9 heteroatoms. The number of aliphatic imine (C=N–C) groups is 1. The first-order valence-corrected chi connectivity index (χ1v) is 10.1. The third kappa shape index (κ3) is 5.70. The van der Waals surface area contributed by atoms with Gasteiger partial charge in [-0.05, 0) is 25.0 Å². The average Bonchev–Trinajstić information content (AvgIpc) is 2.73. The number of carbonyl (C=O) groups excluding carboxylic acids is 1. The third-order valence-corrected chi connectivity index (χ3v) is 5.31. The molecule has 1 aliphatic rings. The lowest BCUT2D eigenvalue weighted by atomic mass is 9.97. The van der Waals surface area contributed by atoms with Crippen molar-refractivity contribution in [2.45, 2.75) is 25.6 Å². The molecule has 0 saturated heterocycles. The van der Waals surface area contributed by atoms with E-state index in [9.17, 15) is 14.9 Å². The molecule has 1 atom stereocenters. The Balaban J connectivity index is 0.00000320. The van der Waals surface area contributed by atoms with Gasteiger partial charge in [0.2, 0.25) is 0 Å². The van der Waals surface area contributed by atoms with E-state index in [2.05, 4.69) is 5.32 Å². The zero-order valence-corrected chi connectivity index (χ0v) is 19.1. The Hall–Kier alpha value is -2.65. The van der Waals surface area contributed by atoms with Gasteiger partial charge in [-0.2, -0.15) is 0 Å². The highest BCUT2D eigenvalue weighted by Crippen LogP contribution is 2.33. The number of nitro groups is 1. The molecule has 0 bridgehead atoms. The highest BCUT2D eigenvalue weighted by atomic mass is 79.9. The number of halogens is 1. The number of esters is 1. The van der Waals surface area contributed by atoms with Crippen molar-refractivity contribution in [1.82, 2.24) is 5.32 Å². The Bertz CT molecular complexity index is 962. The number of rotatable bonds is 6. The van der Waals surface area contributed by atoms with Crippen molar-refractivity contribution in [3.8, 4) is 0 Å². The molecule has 1 heterocycles. The van der Waals surface area contributed by atoms with Crippen molar-refractivity contribution in [2.24, 2.45) is 4.99 Å². The van der Waals surface area contributed by atoms with E-state index in [1.807, 2.05) is 37.3 Å². The first kappa shape index (κ1) is 23.6. The number of non-ortho nitro benzene ring substituents is 1. The number of benzene rings is 2. The van der Waals surface area contributed by atoms with Crippen LogP contribution in [-0.4, -0.2) is 22.7 Å². The van der Waals surface area contributed by atoms with Gasteiger partial charge in [0.15, 0.2) is 5.17 Å². The monoisotopic (exact) mass is 491 g/mol. The number of hydrogen-bond acceptors (Lipinski definition) is 7. The molecular formula is C21H22BrN3O4S. The van der Waals surface area contributed by atoms with Gasteiger partial charge in [-0.3, -0.25) is 10.1 Å². The Kier molecular flexibility index (Phi) is 8.61. The van der Waals surface area contributed by atoms with Crippen LogP contribution < -0.4 is 5.32 Å². The lowest BCUT2D eigenvalue weighted by Gasteiger charge is -2.25. The Morgan fingerprint density at radius 3 is 2.47 bits per heavy atom. The molecule has 0 aliphatic carbocycles. The minimum atomic E-state index is -0.448. The quantitative estimate of drug-likeness (QED) is 0.349. The number of nitrogens with zero attached hydrogens (tertiary/aromatic N) is 2. The van der Waals surface area contributed by atoms with Gasteiger partial charge >= 0.3 is 5.97 Å². The van der Waals surface area contributed by atoms with E-state index >= 15 is 0 Å². The number of hydrogen-bond donors (Lipinski definition) is 1. The topological polar surface area (TPSA) is 93.8 Å². The summed E-state index contributed by atoms with van der Waals surface area (Å²) in [6, 6.07) is 15.6. The summed E-state index contributed by atoms with van der Waals surface area (Å²) in [5, 5.41) is 14.7. The van der Waals surface area contributed by atoms with E-state index in [1.165, 1.54) is 23.9 Å². The molecule has 3 rings (SSSR count). The molecule has 30 heavy (non-hydrogen) atoms. The van der Waals surface area contributed by atoms with E-state index in [-0.39, 0.29) is 28.6 Å². The first-order valence-electron chi connectivity index (χ1n) is 9.13. The lowest BCUT2D eigenvalue weighted by molar-refractivity contribution is -0.384. The van der Waals surface area contributed by atoms with Crippen LogP contribution in [-0.2, 0) is 15.3 Å². The number of amidine groups is 1. The van der Waals surface area contributed by atoms with Crippen LogP contribution in [0.2, 0.25) is 0 Å². The van der Waals surface area contributed by atoms with Crippen LogP contribution >= 0.6 is 28.7 Å². The summed E-state index contributed by atoms with van der Waals surface area (Å²) in [7, 11) is 0. The molecule has 1 unspecified atom stereocenters. The molecule has 0 amide bonds. The zero-order chi connectivity index (χ0) is 20.8. The second-order valence-electron chi connectivity index (χ2n) is 6.34. The average molecular weight is 492 g/mol. The van der Waals surface area contributed by atoms with Gasteiger partial charge in [0.25, 0.3) is 5.69 Å². The molecule has 0 spiro atoms. The molecule has 0 radical (unpaired) electrons. The Labute approximate surface area is 189 Å². The zero-order valence-electron chi connectivity index (χ0n) is 16.5. The maximum atomic E-state index is 12.5. The van der Waals surface area contributed by atoms with Crippen LogP contribution in [0.1, 0.15) is 31.0 Å². The molecule has 2 aromatic rings. The molecule has 158 valence electrons. The molecular weight excluding hydrogens is 470 g/mol. The summed E-state index contributed by atoms with van der Waals surface area (Å²) in [6.45, 7) is 3.90. The fraction of sp³-hybridized carbons (Fsp3) is 0.238. The van der Waals surface area contributed by atoms with Crippen LogP contribution in [0.15, 0.2) is 70.9 Å². The van der Waals surface area contributed by atoms with E-state index < -0.39 is 11.0 Å². The highest BCUT2D eigenvalue weighted by molar-refractivity contribution is 8.93. The minimum Gasteiger partial charge on any atom is -0.463 e. The highest BCUT2D eigenvalue weighted by Gasteiger charge is 2.30. The van der Waals surface area contributed by atoms with Crippen LogP contribution in [0.5, 0.6) is 0 Å². The smallest absolute Gasteiger partial charge is 0.338 e. The third-order valence-electron chi connectivity index (χ3n) is 4.35. The second-order valence-corrected chi connectivity index (χ2v) is 7.31. The standard InChI is InChI=1S/C21H21N3O4S.BrH/c1-3-28-20(25)18-14(2)22-21(23-19(18)16-7-5-4-6-8-16)29-13-15-9-11-17(12-10-15)24(26)27;/h4-12,19H,3,13H2,1-2H3,(H,22,23);1H. The van der Waals surface area contributed by atoms with Gasteiger partial charge in [-0.25, -0.2) is 9.79 Å². The fourth-order valence-corrected chi connectivity index (χ4v) is 3.84. The summed E-state index contributed by atoms with van der Waals surface area (Å²) >= 11 is 1.48. The number of nitrogens with one attached hydrogen (secondary N) is 1. The molecule has 0 aromatic heterocycles. The molecule has 0 saturated carbocycles. The van der Waals surface area contributed by atoms with Crippen molar-refractivity contribution >= 4 is 45.6 Å². The van der Waals surface area contributed by atoms with E-state index in [1.54, 1.807) is 19.1 Å². The Morgan fingerprint density at radius 1 is 1.20 bits per heavy atom. The minimum absolute atomic E-state index is 0. The molecule has 0 fully saturated rings. The summed E-state index contributed by atoms with van der Waals surface area (Å²) in [6.07, 6.45) is 0. The van der Waals surface area contributed by atoms with Gasteiger partial charge in [0.1, 0.15) is 6.04 Å². The predicted octanol–water partition coefficient (Wildman–Crippen LogP) is 4.94. The van der Waals surface area contributed by atoms with E-state index in [0.29, 0.717) is 28.8 Å². The largest absolute Gasteiger partial charge is 0.463 e. The maximum absolute atomic E-state index is 12.5. The van der Waals surface area contributed by atoms with Crippen LogP contribution in [0.3, 0.4) is 0 Å². The van der Waals surface area contributed by atoms with Crippen LogP contribution in [0, 0.1) is 10.1 Å². The molecule has 7 nitrogen and oxygen atoms in total. The van der Waals surface area contributed by atoms with Gasteiger partial charge in [-0.15, -0.1) is 17.0 Å². The van der Waals surface area contributed by atoms with Gasteiger partial charge < -0.3 is 10.1 Å². The van der Waals surface area contributed by atoms with Crippen molar-refractivity contribution in [2.75, 3.05) is 6.61 Å².